The van der Waals surface area contributed by atoms with Gasteiger partial charge in [-0.2, -0.15) is 0 Å². The molecule has 0 aliphatic rings. The number of nitrogens with one attached hydrogen (secondary N) is 2. The van der Waals surface area contributed by atoms with Gasteiger partial charge in [-0.25, -0.2) is 12.8 Å². The zero-order chi connectivity index (χ0) is 22.6. The van der Waals surface area contributed by atoms with Crippen LogP contribution in [0.2, 0.25) is 0 Å². The number of aromatic amines is 1. The van der Waals surface area contributed by atoms with E-state index in [0.29, 0.717) is 25.1 Å². The number of methoxy groups -OCH3 is 1. The van der Waals surface area contributed by atoms with E-state index in [0.717, 1.165) is 16.4 Å². The number of amides is 1. The first-order valence-electron chi connectivity index (χ1n) is 9.43. The van der Waals surface area contributed by atoms with Gasteiger partial charge < -0.3 is 15.0 Å². The summed E-state index contributed by atoms with van der Waals surface area (Å²) in [6, 6.07) is 9.04. The van der Waals surface area contributed by atoms with Crippen molar-refractivity contribution in [3.63, 3.8) is 0 Å². The number of rotatable bonds is 8. The maximum Gasteiger partial charge on any atom is 0.264 e. The number of nitrogens with zero attached hydrogens (tertiary/aromatic N) is 1. The lowest BCUT2D eigenvalue weighted by Crippen LogP contribution is -2.30. The molecule has 10 heteroatoms. The maximum absolute atomic E-state index is 13.2. The van der Waals surface area contributed by atoms with E-state index in [1.165, 1.54) is 43.6 Å². The second-order valence-corrected chi connectivity index (χ2v) is 8.76. The predicted molar refractivity (Wildman–Crippen MR) is 115 cm³/mol. The van der Waals surface area contributed by atoms with Crippen LogP contribution in [0.4, 0.5) is 10.1 Å². The van der Waals surface area contributed by atoms with Crippen molar-refractivity contribution in [2.45, 2.75) is 11.3 Å². The molecule has 2 N–H and O–H groups in total. The Hall–Kier alpha value is -3.24. The van der Waals surface area contributed by atoms with Crippen LogP contribution in [0, 0.1) is 5.82 Å². The topological polar surface area (TPSA) is 109 Å². The Kier molecular flexibility index (Phi) is 6.71. The van der Waals surface area contributed by atoms with Crippen LogP contribution in [0.5, 0.6) is 0 Å². The van der Waals surface area contributed by atoms with E-state index < -0.39 is 27.2 Å². The number of sulfonamides is 1. The van der Waals surface area contributed by atoms with Crippen molar-refractivity contribution in [2.75, 3.05) is 31.6 Å². The Morgan fingerprint density at radius 1 is 1.19 bits per heavy atom. The lowest BCUT2D eigenvalue weighted by Gasteiger charge is -2.19. The van der Waals surface area contributed by atoms with Crippen molar-refractivity contribution in [1.29, 1.82) is 0 Å². The summed E-state index contributed by atoms with van der Waals surface area (Å²) in [4.78, 5) is 27.9. The molecule has 0 aliphatic heterocycles. The van der Waals surface area contributed by atoms with Crippen LogP contribution in [0.25, 0.3) is 10.9 Å². The zero-order valence-corrected chi connectivity index (χ0v) is 17.8. The number of hydrogen-bond acceptors (Lipinski definition) is 5. The van der Waals surface area contributed by atoms with Crippen LogP contribution in [-0.4, -0.2) is 46.6 Å². The highest BCUT2D eigenvalue weighted by Gasteiger charge is 2.23. The molecule has 0 spiro atoms. The van der Waals surface area contributed by atoms with Gasteiger partial charge in [-0.3, -0.25) is 13.9 Å². The molecule has 0 atom stereocenters. The van der Waals surface area contributed by atoms with Gasteiger partial charge in [0.25, 0.3) is 15.9 Å². The predicted octanol–water partition coefficient (Wildman–Crippen LogP) is 2.26. The molecule has 0 saturated carbocycles. The summed E-state index contributed by atoms with van der Waals surface area (Å²) < 4.78 is 45.1. The Bertz CT molecular complexity index is 1260. The van der Waals surface area contributed by atoms with Crippen molar-refractivity contribution >= 4 is 32.5 Å². The Labute approximate surface area is 178 Å². The number of pyridine rings is 1. The average molecular weight is 447 g/mol. The molecule has 0 radical (unpaired) electrons. The van der Waals surface area contributed by atoms with Crippen LogP contribution >= 0.6 is 0 Å². The lowest BCUT2D eigenvalue weighted by molar-refractivity contribution is 0.0947. The minimum absolute atomic E-state index is 0.0677. The van der Waals surface area contributed by atoms with Crippen LogP contribution in [0.15, 0.2) is 58.4 Å². The van der Waals surface area contributed by atoms with Gasteiger partial charge in [-0.05, 0) is 48.9 Å². The fourth-order valence-corrected chi connectivity index (χ4v) is 4.21. The third-order valence-electron chi connectivity index (χ3n) is 4.76. The zero-order valence-electron chi connectivity index (χ0n) is 17.0. The summed E-state index contributed by atoms with van der Waals surface area (Å²) in [6.45, 7) is 0.804. The molecule has 0 fully saturated rings. The molecule has 0 bridgehead atoms. The molecular weight excluding hydrogens is 425 g/mol. The average Bonchev–Trinajstić information content (AvgIpc) is 2.76. The van der Waals surface area contributed by atoms with Gasteiger partial charge in [0.05, 0.1) is 10.6 Å². The number of halogens is 1. The van der Waals surface area contributed by atoms with Crippen LogP contribution < -0.4 is 15.1 Å². The second kappa shape index (κ2) is 9.27. The van der Waals surface area contributed by atoms with E-state index in [2.05, 4.69) is 10.3 Å². The molecule has 0 aliphatic carbocycles. The first-order chi connectivity index (χ1) is 14.8. The molecule has 1 aromatic heterocycles. The van der Waals surface area contributed by atoms with E-state index in [1.807, 2.05) is 0 Å². The van der Waals surface area contributed by atoms with Gasteiger partial charge in [0, 0.05) is 44.4 Å². The second-order valence-electron chi connectivity index (χ2n) is 6.79. The normalized spacial score (nSPS) is 11.5. The van der Waals surface area contributed by atoms with E-state index in [1.54, 1.807) is 7.11 Å². The maximum atomic E-state index is 13.2. The van der Waals surface area contributed by atoms with Gasteiger partial charge in [0.15, 0.2) is 0 Å². The highest BCUT2D eigenvalue weighted by Crippen LogP contribution is 2.24. The first-order valence-corrected chi connectivity index (χ1v) is 10.9. The largest absolute Gasteiger partial charge is 0.385 e. The third kappa shape index (κ3) is 4.75. The van der Waals surface area contributed by atoms with Crippen molar-refractivity contribution in [1.82, 2.24) is 10.3 Å². The molecule has 8 nitrogen and oxygen atoms in total. The van der Waals surface area contributed by atoms with Crippen molar-refractivity contribution in [3.05, 3.63) is 70.3 Å². The number of fused-ring (bicyclic) bond motifs is 1. The lowest BCUT2D eigenvalue weighted by atomic mass is 10.1. The van der Waals surface area contributed by atoms with Gasteiger partial charge in [-0.1, -0.05) is 0 Å². The van der Waals surface area contributed by atoms with Gasteiger partial charge >= 0.3 is 0 Å². The quantitative estimate of drug-likeness (QED) is 0.515. The highest BCUT2D eigenvalue weighted by atomic mass is 32.2. The fourth-order valence-electron chi connectivity index (χ4n) is 2.99. The van der Waals surface area contributed by atoms with Crippen LogP contribution in [0.1, 0.15) is 16.8 Å². The summed E-state index contributed by atoms with van der Waals surface area (Å²) in [5.41, 5.74) is -0.0465. The summed E-state index contributed by atoms with van der Waals surface area (Å²) in [6.07, 6.45) is 1.89. The number of benzene rings is 2. The number of carbonyl (C=O) groups is 1. The molecular formula is C21H22FN3O5S. The number of carbonyl (C=O) groups excluding carboxylic acids is 1. The standard InChI is InChI=1S/C21H22FN3O5S/c1-25(15-6-4-14(22)5-7-15)31(28,29)16-8-9-19-17(12-16)20(26)18(13-24-19)21(27)23-10-3-11-30-2/h4-9,12-13H,3,10-11H2,1-2H3,(H,23,27)(H,24,26). The number of anilines is 1. The van der Waals surface area contributed by atoms with E-state index in [-0.39, 0.29) is 21.5 Å². The minimum Gasteiger partial charge on any atom is -0.385 e. The number of aromatic nitrogens is 1. The van der Waals surface area contributed by atoms with Crippen LogP contribution in [0.3, 0.4) is 0 Å². The molecule has 1 amide bonds. The fraction of sp³-hybridized carbons (Fsp3) is 0.238. The molecule has 3 rings (SSSR count). The van der Waals surface area contributed by atoms with E-state index in [4.69, 9.17) is 4.74 Å². The summed E-state index contributed by atoms with van der Waals surface area (Å²) >= 11 is 0. The first kappa shape index (κ1) is 22.4. The Balaban J connectivity index is 1.95. The van der Waals surface area contributed by atoms with Crippen molar-refractivity contribution in [2.24, 2.45) is 0 Å². The number of H-pyrrole nitrogens is 1. The summed E-state index contributed by atoms with van der Waals surface area (Å²) in [7, 11) is -1.14. The van der Waals surface area contributed by atoms with Crippen LogP contribution in [-0.2, 0) is 14.8 Å². The third-order valence-corrected chi connectivity index (χ3v) is 6.54. The van der Waals surface area contributed by atoms with Gasteiger partial charge in [0.1, 0.15) is 11.4 Å². The molecule has 1 heterocycles. The highest BCUT2D eigenvalue weighted by molar-refractivity contribution is 7.92. The summed E-state index contributed by atoms with van der Waals surface area (Å²) in [5, 5.41) is 2.70. The molecule has 3 aromatic rings. The van der Waals surface area contributed by atoms with E-state index >= 15 is 0 Å². The van der Waals surface area contributed by atoms with E-state index in [9.17, 15) is 22.4 Å². The molecule has 2 aromatic carbocycles. The van der Waals surface area contributed by atoms with Crippen molar-refractivity contribution < 1.29 is 22.3 Å². The molecule has 0 saturated heterocycles. The Morgan fingerprint density at radius 2 is 1.90 bits per heavy atom. The monoisotopic (exact) mass is 447 g/mol. The molecule has 0 unspecified atom stereocenters. The Morgan fingerprint density at radius 3 is 2.58 bits per heavy atom. The van der Waals surface area contributed by atoms with Gasteiger partial charge in [-0.15, -0.1) is 0 Å². The molecule has 164 valence electrons. The summed E-state index contributed by atoms with van der Waals surface area (Å²) in [5.74, 6) is -1.05. The number of hydrogen-bond donors (Lipinski definition) is 2. The molecule has 31 heavy (non-hydrogen) atoms. The minimum atomic E-state index is -4.02. The SMILES string of the molecule is COCCCNC(=O)c1c[nH]c2ccc(S(=O)(=O)N(C)c3ccc(F)cc3)cc2c1=O. The van der Waals surface area contributed by atoms with Gasteiger partial charge in [0.2, 0.25) is 5.43 Å². The number of ether oxygens (including phenoxy) is 1. The van der Waals surface area contributed by atoms with Crippen molar-refractivity contribution in [3.8, 4) is 0 Å². The smallest absolute Gasteiger partial charge is 0.264 e.